The van der Waals surface area contributed by atoms with E-state index in [0.717, 1.165) is 45.9 Å². The summed E-state index contributed by atoms with van der Waals surface area (Å²) in [7, 11) is 0. The molecular formula is C24H25N3O3. The molecule has 0 saturated carbocycles. The van der Waals surface area contributed by atoms with Gasteiger partial charge in [0.05, 0.1) is 5.69 Å². The van der Waals surface area contributed by atoms with Gasteiger partial charge < -0.3 is 4.90 Å². The minimum atomic E-state index is -0.730. The van der Waals surface area contributed by atoms with Gasteiger partial charge in [-0.15, -0.1) is 0 Å². The van der Waals surface area contributed by atoms with Crippen molar-refractivity contribution >= 4 is 35.3 Å². The lowest BCUT2D eigenvalue weighted by Gasteiger charge is -2.27. The topological polar surface area (TPSA) is 69.7 Å². The molecule has 0 atom stereocenters. The van der Waals surface area contributed by atoms with Gasteiger partial charge in [0.15, 0.2) is 0 Å². The fourth-order valence-corrected chi connectivity index (χ4v) is 3.91. The molecule has 4 amide bonds. The molecule has 4 rings (SSSR count). The second-order valence-corrected chi connectivity index (χ2v) is 7.96. The summed E-state index contributed by atoms with van der Waals surface area (Å²) in [4.78, 5) is 41.3. The zero-order valence-corrected chi connectivity index (χ0v) is 17.5. The van der Waals surface area contributed by atoms with Crippen molar-refractivity contribution in [3.63, 3.8) is 0 Å². The van der Waals surface area contributed by atoms with Crippen LogP contribution >= 0.6 is 0 Å². The quantitative estimate of drug-likeness (QED) is 0.624. The van der Waals surface area contributed by atoms with Crippen LogP contribution in [0.15, 0.2) is 42.0 Å². The van der Waals surface area contributed by atoms with Crippen molar-refractivity contribution in [2.45, 2.75) is 33.6 Å². The summed E-state index contributed by atoms with van der Waals surface area (Å²) >= 11 is 0. The van der Waals surface area contributed by atoms with E-state index < -0.39 is 17.8 Å². The first-order chi connectivity index (χ1) is 14.3. The number of amides is 4. The second kappa shape index (κ2) is 7.78. The van der Waals surface area contributed by atoms with Crippen LogP contribution in [-0.2, 0) is 9.59 Å². The van der Waals surface area contributed by atoms with Gasteiger partial charge in [-0.25, -0.2) is 9.69 Å². The number of aryl methyl sites for hydroxylation is 3. The number of hydrogen-bond acceptors (Lipinski definition) is 4. The van der Waals surface area contributed by atoms with E-state index in [0.29, 0.717) is 5.69 Å². The number of nitrogens with one attached hydrogen (secondary N) is 1. The highest BCUT2D eigenvalue weighted by Gasteiger charge is 2.37. The minimum absolute atomic E-state index is 0.0511. The molecule has 2 aromatic carbocycles. The van der Waals surface area contributed by atoms with E-state index in [-0.39, 0.29) is 5.57 Å². The molecular weight excluding hydrogens is 378 g/mol. The number of barbiturate groups is 1. The number of carbonyl (C=O) groups excluding carboxylic acids is 3. The van der Waals surface area contributed by atoms with Gasteiger partial charge in [-0.3, -0.25) is 14.9 Å². The van der Waals surface area contributed by atoms with Crippen LogP contribution in [0.4, 0.5) is 16.2 Å². The van der Waals surface area contributed by atoms with E-state index >= 15 is 0 Å². The Morgan fingerprint density at radius 1 is 0.833 bits per heavy atom. The molecule has 0 radical (unpaired) electrons. The molecule has 0 bridgehead atoms. The Morgan fingerprint density at radius 2 is 1.50 bits per heavy atom. The molecule has 0 spiro atoms. The van der Waals surface area contributed by atoms with Gasteiger partial charge in [-0.2, -0.15) is 0 Å². The van der Waals surface area contributed by atoms with Crippen molar-refractivity contribution in [3.05, 3.63) is 64.2 Å². The fourth-order valence-electron chi connectivity index (χ4n) is 3.91. The van der Waals surface area contributed by atoms with Gasteiger partial charge in [0.25, 0.3) is 11.8 Å². The Hall–Kier alpha value is -3.41. The summed E-state index contributed by atoms with van der Waals surface area (Å²) in [5, 5.41) is 2.29. The largest absolute Gasteiger partial charge is 0.372 e. The molecule has 1 N–H and O–H groups in total. The molecule has 2 saturated heterocycles. The monoisotopic (exact) mass is 403 g/mol. The van der Waals surface area contributed by atoms with Crippen molar-refractivity contribution in [1.82, 2.24) is 5.32 Å². The summed E-state index contributed by atoms with van der Waals surface area (Å²) in [6.07, 6.45) is 3.96. The number of hydrogen-bond donors (Lipinski definition) is 1. The van der Waals surface area contributed by atoms with Crippen LogP contribution in [0.1, 0.15) is 35.1 Å². The van der Waals surface area contributed by atoms with Crippen LogP contribution in [0, 0.1) is 20.8 Å². The van der Waals surface area contributed by atoms with Crippen LogP contribution in [0.3, 0.4) is 0 Å². The zero-order chi connectivity index (χ0) is 21.4. The minimum Gasteiger partial charge on any atom is -0.372 e. The van der Waals surface area contributed by atoms with E-state index in [1.807, 2.05) is 39.0 Å². The van der Waals surface area contributed by atoms with E-state index in [1.165, 1.54) is 12.8 Å². The Balaban J connectivity index is 1.68. The SMILES string of the molecule is Cc1ccc(N2C(=O)NC(=O)/C(=C\c3ccc(N4CCCC4)cc3C)C2=O)cc1C. The Kier molecular flexibility index (Phi) is 5.16. The van der Waals surface area contributed by atoms with Gasteiger partial charge in [0.2, 0.25) is 0 Å². The number of urea groups is 1. The molecule has 30 heavy (non-hydrogen) atoms. The lowest BCUT2D eigenvalue weighted by Crippen LogP contribution is -2.54. The van der Waals surface area contributed by atoms with Gasteiger partial charge in [0.1, 0.15) is 5.57 Å². The number of benzene rings is 2. The average Bonchev–Trinajstić information content (AvgIpc) is 3.23. The van der Waals surface area contributed by atoms with E-state index in [2.05, 4.69) is 16.3 Å². The molecule has 0 aliphatic carbocycles. The predicted octanol–water partition coefficient (Wildman–Crippen LogP) is 3.88. The third-order valence-electron chi connectivity index (χ3n) is 5.87. The van der Waals surface area contributed by atoms with Crippen LogP contribution in [0.2, 0.25) is 0 Å². The summed E-state index contributed by atoms with van der Waals surface area (Å²) in [5.74, 6) is -1.29. The number of rotatable bonds is 3. The molecule has 2 aliphatic heterocycles. The maximum absolute atomic E-state index is 13.1. The van der Waals surface area contributed by atoms with Crippen molar-refractivity contribution in [1.29, 1.82) is 0 Å². The molecule has 6 nitrogen and oxygen atoms in total. The number of anilines is 2. The molecule has 154 valence electrons. The first-order valence-corrected chi connectivity index (χ1v) is 10.2. The molecule has 2 heterocycles. The molecule has 0 aromatic heterocycles. The highest BCUT2D eigenvalue weighted by atomic mass is 16.2. The smallest absolute Gasteiger partial charge is 0.335 e. The molecule has 0 unspecified atom stereocenters. The van der Waals surface area contributed by atoms with Crippen molar-refractivity contribution in [3.8, 4) is 0 Å². The Labute approximate surface area is 176 Å². The second-order valence-electron chi connectivity index (χ2n) is 7.96. The van der Waals surface area contributed by atoms with Gasteiger partial charge in [-0.1, -0.05) is 12.1 Å². The summed E-state index contributed by atoms with van der Waals surface area (Å²) < 4.78 is 0. The van der Waals surface area contributed by atoms with Gasteiger partial charge in [0, 0.05) is 18.8 Å². The first-order valence-electron chi connectivity index (χ1n) is 10.2. The predicted molar refractivity (Wildman–Crippen MR) is 118 cm³/mol. The van der Waals surface area contributed by atoms with Crippen LogP contribution in [0.25, 0.3) is 6.08 Å². The number of nitrogens with zero attached hydrogens (tertiary/aromatic N) is 2. The Morgan fingerprint density at radius 3 is 2.17 bits per heavy atom. The van der Waals surface area contributed by atoms with E-state index in [4.69, 9.17) is 0 Å². The standard InChI is InChI=1S/C24H25N3O3/c1-15-6-8-20(12-16(15)2)27-23(29)21(22(28)25-24(27)30)14-18-7-9-19(13-17(18)3)26-10-4-5-11-26/h6-9,12-14H,4-5,10-11H2,1-3H3,(H,25,28,30)/b21-14+. The van der Waals surface area contributed by atoms with Crippen LogP contribution in [0.5, 0.6) is 0 Å². The third kappa shape index (κ3) is 3.61. The first kappa shape index (κ1) is 19.9. The lowest BCUT2D eigenvalue weighted by atomic mass is 10.0. The summed E-state index contributed by atoms with van der Waals surface area (Å²) in [6, 6.07) is 10.6. The maximum atomic E-state index is 13.1. The van der Waals surface area contributed by atoms with Gasteiger partial charge in [-0.05, 0) is 86.2 Å². The molecule has 2 aliphatic rings. The lowest BCUT2D eigenvalue weighted by molar-refractivity contribution is -0.122. The summed E-state index contributed by atoms with van der Waals surface area (Å²) in [6.45, 7) is 7.93. The highest BCUT2D eigenvalue weighted by Crippen LogP contribution is 2.27. The van der Waals surface area contributed by atoms with E-state index in [9.17, 15) is 14.4 Å². The molecule has 2 aromatic rings. The summed E-state index contributed by atoms with van der Waals surface area (Å²) in [5.41, 5.74) is 5.32. The average molecular weight is 403 g/mol. The highest BCUT2D eigenvalue weighted by molar-refractivity contribution is 6.39. The Bertz CT molecular complexity index is 1080. The van der Waals surface area contributed by atoms with Crippen LogP contribution < -0.4 is 15.1 Å². The number of carbonyl (C=O) groups is 3. The normalized spacial score (nSPS) is 18.4. The number of imide groups is 2. The maximum Gasteiger partial charge on any atom is 0.335 e. The molecule has 6 heteroatoms. The van der Waals surface area contributed by atoms with Crippen molar-refractivity contribution in [2.24, 2.45) is 0 Å². The van der Waals surface area contributed by atoms with E-state index in [1.54, 1.807) is 18.2 Å². The van der Waals surface area contributed by atoms with Gasteiger partial charge >= 0.3 is 6.03 Å². The molecule has 2 fully saturated rings. The van der Waals surface area contributed by atoms with Crippen LogP contribution in [-0.4, -0.2) is 30.9 Å². The fraction of sp³-hybridized carbons (Fsp3) is 0.292. The van der Waals surface area contributed by atoms with Crippen molar-refractivity contribution < 1.29 is 14.4 Å². The van der Waals surface area contributed by atoms with Crippen molar-refractivity contribution in [2.75, 3.05) is 22.9 Å². The third-order valence-corrected chi connectivity index (χ3v) is 5.87. The zero-order valence-electron chi connectivity index (χ0n) is 17.5.